The van der Waals surface area contributed by atoms with Gasteiger partial charge in [0.15, 0.2) is 0 Å². The van der Waals surface area contributed by atoms with E-state index in [1.807, 2.05) is 0 Å². The van der Waals surface area contributed by atoms with E-state index >= 15 is 0 Å². The molecule has 2 bridgehead atoms. The van der Waals surface area contributed by atoms with Gasteiger partial charge >= 0.3 is 0 Å². The summed E-state index contributed by atoms with van der Waals surface area (Å²) in [6, 6.07) is 0. The molecular formula is C7H13N2. The third kappa shape index (κ3) is 1.10. The lowest BCUT2D eigenvalue weighted by Gasteiger charge is -2.37. The molecule has 2 rings (SSSR count). The molecule has 0 aliphatic carbocycles. The van der Waals surface area contributed by atoms with Crippen LogP contribution >= 0.6 is 0 Å². The molecule has 1 N–H and O–H groups in total. The van der Waals surface area contributed by atoms with E-state index in [1.54, 1.807) is 5.92 Å². The van der Waals surface area contributed by atoms with E-state index in [9.17, 15) is 0 Å². The molecule has 1 radical (unpaired) electrons. The van der Waals surface area contributed by atoms with Crippen molar-refractivity contribution in [1.82, 2.24) is 10.4 Å². The molecule has 0 saturated carbocycles. The molecule has 2 fully saturated rings. The van der Waals surface area contributed by atoms with Gasteiger partial charge in [-0.3, -0.25) is 5.43 Å². The van der Waals surface area contributed by atoms with Gasteiger partial charge in [0.1, 0.15) is 0 Å². The van der Waals surface area contributed by atoms with E-state index in [0.29, 0.717) is 0 Å². The van der Waals surface area contributed by atoms with Gasteiger partial charge in [-0.1, -0.05) is 0 Å². The largest absolute Gasteiger partial charge is 0.255 e. The standard InChI is InChI=1S/C7H13N2/c1-2-7-3-4-8-9(5-1)6-7/h8H,1-6H2. The van der Waals surface area contributed by atoms with Crippen LogP contribution in [0.5, 0.6) is 0 Å². The van der Waals surface area contributed by atoms with Crippen molar-refractivity contribution in [2.24, 2.45) is 0 Å². The maximum absolute atomic E-state index is 3.36. The summed E-state index contributed by atoms with van der Waals surface area (Å²) in [5.74, 6) is 1.75. The molecule has 0 aromatic heterocycles. The Kier molecular flexibility index (Phi) is 1.44. The van der Waals surface area contributed by atoms with Crippen molar-refractivity contribution in [2.75, 3.05) is 19.6 Å². The topological polar surface area (TPSA) is 15.3 Å². The SMILES string of the molecule is C1C[C]2CCNN(C1)C2. The maximum Gasteiger partial charge on any atom is 0.0193 e. The third-order valence-corrected chi connectivity index (χ3v) is 2.19. The van der Waals surface area contributed by atoms with Gasteiger partial charge in [0.25, 0.3) is 0 Å². The molecule has 0 spiro atoms. The Morgan fingerprint density at radius 3 is 3.11 bits per heavy atom. The molecule has 2 heterocycles. The highest BCUT2D eigenvalue weighted by atomic mass is 15.5. The van der Waals surface area contributed by atoms with Gasteiger partial charge in [0, 0.05) is 19.6 Å². The second-order valence-electron chi connectivity index (χ2n) is 2.93. The number of piperidine rings is 1. The van der Waals surface area contributed by atoms with E-state index in [-0.39, 0.29) is 0 Å². The monoisotopic (exact) mass is 125 g/mol. The molecular weight excluding hydrogens is 112 g/mol. The maximum atomic E-state index is 3.36. The van der Waals surface area contributed by atoms with Crippen LogP contribution in [0.15, 0.2) is 0 Å². The molecule has 0 aromatic rings. The van der Waals surface area contributed by atoms with Crippen molar-refractivity contribution in [3.63, 3.8) is 0 Å². The molecule has 2 nitrogen and oxygen atoms in total. The van der Waals surface area contributed by atoms with Crippen LogP contribution in [0.2, 0.25) is 0 Å². The number of hydrogen-bond acceptors (Lipinski definition) is 2. The fourth-order valence-corrected chi connectivity index (χ4v) is 1.68. The van der Waals surface area contributed by atoms with Gasteiger partial charge < -0.3 is 0 Å². The van der Waals surface area contributed by atoms with Crippen LogP contribution in [0.4, 0.5) is 0 Å². The zero-order valence-electron chi connectivity index (χ0n) is 5.69. The van der Waals surface area contributed by atoms with Crippen molar-refractivity contribution in [2.45, 2.75) is 19.3 Å². The molecule has 1 atom stereocenters. The van der Waals surface area contributed by atoms with E-state index in [0.717, 1.165) is 0 Å². The Bertz CT molecular complexity index is 83.1. The Morgan fingerprint density at radius 2 is 2.33 bits per heavy atom. The van der Waals surface area contributed by atoms with Gasteiger partial charge in [0.2, 0.25) is 0 Å². The number of nitrogens with zero attached hydrogens (tertiary/aromatic N) is 1. The predicted molar refractivity (Wildman–Crippen MR) is 36.7 cm³/mol. The molecule has 2 aliphatic heterocycles. The summed E-state index contributed by atoms with van der Waals surface area (Å²) in [6.45, 7) is 3.65. The highest BCUT2D eigenvalue weighted by Crippen LogP contribution is 2.22. The Hall–Kier alpha value is -0.0800. The summed E-state index contributed by atoms with van der Waals surface area (Å²) in [5, 5.41) is 2.34. The molecule has 0 aromatic carbocycles. The second kappa shape index (κ2) is 2.27. The molecule has 51 valence electrons. The van der Waals surface area contributed by atoms with Crippen LogP contribution in [-0.2, 0) is 0 Å². The summed E-state index contributed by atoms with van der Waals surface area (Å²) in [6.07, 6.45) is 4.07. The summed E-state index contributed by atoms with van der Waals surface area (Å²) in [5.41, 5.74) is 3.36. The number of hydrazine groups is 1. The second-order valence-corrected chi connectivity index (χ2v) is 2.93. The Morgan fingerprint density at radius 1 is 1.33 bits per heavy atom. The van der Waals surface area contributed by atoms with Gasteiger partial charge in [-0.2, -0.15) is 0 Å². The summed E-state index contributed by atoms with van der Waals surface area (Å²) >= 11 is 0. The molecule has 2 saturated heterocycles. The van der Waals surface area contributed by atoms with Crippen LogP contribution in [0, 0.1) is 5.92 Å². The van der Waals surface area contributed by atoms with E-state index in [2.05, 4.69) is 10.4 Å². The van der Waals surface area contributed by atoms with Crippen molar-refractivity contribution in [3.05, 3.63) is 5.92 Å². The molecule has 0 amide bonds. The smallest absolute Gasteiger partial charge is 0.0193 e. The summed E-state index contributed by atoms with van der Waals surface area (Å²) in [4.78, 5) is 0. The first kappa shape index (κ1) is 5.69. The van der Waals surface area contributed by atoms with Crippen LogP contribution in [0.1, 0.15) is 19.3 Å². The van der Waals surface area contributed by atoms with Gasteiger partial charge in [-0.05, 0) is 25.2 Å². The fraction of sp³-hybridized carbons (Fsp3) is 0.857. The summed E-state index contributed by atoms with van der Waals surface area (Å²) in [7, 11) is 0. The average molecular weight is 125 g/mol. The van der Waals surface area contributed by atoms with E-state index < -0.39 is 0 Å². The minimum atomic E-state index is 1.18. The fourth-order valence-electron chi connectivity index (χ4n) is 1.68. The van der Waals surface area contributed by atoms with Crippen LogP contribution in [0.3, 0.4) is 0 Å². The first-order valence-corrected chi connectivity index (χ1v) is 3.77. The molecule has 9 heavy (non-hydrogen) atoms. The van der Waals surface area contributed by atoms with Gasteiger partial charge in [-0.25, -0.2) is 5.01 Å². The first-order chi connectivity index (χ1) is 4.45. The Balaban J connectivity index is 1.96. The van der Waals surface area contributed by atoms with Gasteiger partial charge in [-0.15, -0.1) is 0 Å². The molecule has 2 heteroatoms. The van der Waals surface area contributed by atoms with Crippen molar-refractivity contribution in [1.29, 1.82) is 0 Å². The predicted octanol–water partition coefficient (Wildman–Crippen LogP) is 0.565. The van der Waals surface area contributed by atoms with Crippen molar-refractivity contribution < 1.29 is 0 Å². The van der Waals surface area contributed by atoms with E-state index in [1.165, 1.54) is 38.9 Å². The Labute approximate surface area is 56.2 Å². The number of rotatable bonds is 0. The highest BCUT2D eigenvalue weighted by Gasteiger charge is 2.23. The van der Waals surface area contributed by atoms with Crippen molar-refractivity contribution in [3.8, 4) is 0 Å². The van der Waals surface area contributed by atoms with Crippen LogP contribution in [0.25, 0.3) is 0 Å². The lowest BCUT2D eigenvalue weighted by Crippen LogP contribution is -2.49. The number of nitrogens with one attached hydrogen (secondary N) is 1. The average Bonchev–Trinajstić information content (AvgIpc) is 1.88. The van der Waals surface area contributed by atoms with Crippen LogP contribution < -0.4 is 5.43 Å². The number of hydrogen-bond donors (Lipinski definition) is 1. The minimum Gasteiger partial charge on any atom is -0.255 e. The highest BCUT2D eigenvalue weighted by molar-refractivity contribution is 4.98. The normalized spacial score (nSPS) is 36.7. The first-order valence-electron chi connectivity index (χ1n) is 3.77. The van der Waals surface area contributed by atoms with Crippen LogP contribution in [-0.4, -0.2) is 24.6 Å². The third-order valence-electron chi connectivity index (χ3n) is 2.19. The lowest BCUT2D eigenvalue weighted by atomic mass is 9.94. The quantitative estimate of drug-likeness (QED) is 0.509. The summed E-state index contributed by atoms with van der Waals surface area (Å²) < 4.78 is 0. The van der Waals surface area contributed by atoms with Crippen molar-refractivity contribution >= 4 is 0 Å². The zero-order valence-corrected chi connectivity index (χ0v) is 5.69. The van der Waals surface area contributed by atoms with E-state index in [4.69, 9.17) is 0 Å². The zero-order chi connectivity index (χ0) is 6.10. The molecule has 2 aliphatic rings. The van der Waals surface area contributed by atoms with Gasteiger partial charge in [0.05, 0.1) is 0 Å². The lowest BCUT2D eigenvalue weighted by molar-refractivity contribution is 0.134. The minimum absolute atomic E-state index is 1.18. The molecule has 1 unspecified atom stereocenters. The number of fused-ring (bicyclic) bond motifs is 2.